The summed E-state index contributed by atoms with van der Waals surface area (Å²) in [4.78, 5) is 0. The molecule has 0 aromatic heterocycles. The van der Waals surface area contributed by atoms with E-state index in [1.165, 1.54) is 6.42 Å². The van der Waals surface area contributed by atoms with Gasteiger partial charge < -0.3 is 5.32 Å². The van der Waals surface area contributed by atoms with Crippen molar-refractivity contribution in [3.05, 3.63) is 28.7 Å². The van der Waals surface area contributed by atoms with Crippen molar-refractivity contribution in [2.45, 2.75) is 58.4 Å². The molecule has 0 aliphatic heterocycles. The second kappa shape index (κ2) is 6.40. The number of benzene rings is 1. The van der Waals surface area contributed by atoms with Crippen molar-refractivity contribution in [1.29, 1.82) is 5.26 Å². The molecule has 1 fully saturated rings. The molecule has 0 spiro atoms. The first kappa shape index (κ1) is 16.4. The Bertz CT molecular complexity index is 505. The molecular formula is C18H25BrN2. The zero-order valence-corrected chi connectivity index (χ0v) is 14.8. The Morgan fingerprint density at radius 2 is 1.86 bits per heavy atom. The molecule has 2 rings (SSSR count). The van der Waals surface area contributed by atoms with E-state index in [2.05, 4.69) is 48.1 Å². The Kier molecular flexibility index (Phi) is 4.99. The van der Waals surface area contributed by atoms with E-state index in [-0.39, 0.29) is 0 Å². The summed E-state index contributed by atoms with van der Waals surface area (Å²) in [5.74, 6) is 0.732. The Balaban J connectivity index is 2.05. The maximum atomic E-state index is 9.68. The number of hydrogen-bond donors (Lipinski definition) is 1. The molecule has 0 bridgehead atoms. The van der Waals surface area contributed by atoms with Crippen molar-refractivity contribution in [3.63, 3.8) is 0 Å². The summed E-state index contributed by atoms with van der Waals surface area (Å²) in [7, 11) is 0. The van der Waals surface area contributed by atoms with Gasteiger partial charge in [-0.05, 0) is 61.3 Å². The van der Waals surface area contributed by atoms with Gasteiger partial charge in [-0.15, -0.1) is 0 Å². The Labute approximate surface area is 137 Å². The highest BCUT2D eigenvalue weighted by molar-refractivity contribution is 9.10. The van der Waals surface area contributed by atoms with Gasteiger partial charge in [-0.3, -0.25) is 0 Å². The van der Waals surface area contributed by atoms with Crippen LogP contribution in [0.5, 0.6) is 0 Å². The number of hydrogen-bond acceptors (Lipinski definition) is 2. The Morgan fingerprint density at radius 1 is 1.29 bits per heavy atom. The Morgan fingerprint density at radius 3 is 2.33 bits per heavy atom. The lowest BCUT2D eigenvalue weighted by Gasteiger charge is -2.42. The van der Waals surface area contributed by atoms with Crippen molar-refractivity contribution in [2.75, 3.05) is 5.32 Å². The quantitative estimate of drug-likeness (QED) is 0.751. The van der Waals surface area contributed by atoms with Crippen LogP contribution >= 0.6 is 15.9 Å². The second-order valence-corrected chi connectivity index (χ2v) is 7.86. The van der Waals surface area contributed by atoms with Crippen molar-refractivity contribution in [1.82, 2.24) is 0 Å². The molecule has 0 atom stereocenters. The van der Waals surface area contributed by atoms with Crippen LogP contribution in [0.4, 0.5) is 5.69 Å². The highest BCUT2D eigenvalue weighted by Crippen LogP contribution is 2.44. The first-order chi connectivity index (χ1) is 9.91. The molecule has 0 heterocycles. The molecule has 1 aromatic carbocycles. The standard InChI is InChI=1S/C18H25BrN2/c1-4-17(2,3)14-9-11-18(13-20,12-10-14)21-16-7-5-15(19)6-8-16/h5-8,14,21H,4,9-12H2,1-3H3. The minimum atomic E-state index is -0.395. The summed E-state index contributed by atoms with van der Waals surface area (Å²) in [6.07, 6.45) is 5.36. The lowest BCUT2D eigenvalue weighted by atomic mass is 9.66. The van der Waals surface area contributed by atoms with Crippen LogP contribution in [0.15, 0.2) is 28.7 Å². The van der Waals surface area contributed by atoms with Gasteiger partial charge in [0.05, 0.1) is 6.07 Å². The predicted octanol–water partition coefficient (Wildman–Crippen LogP) is 5.75. The number of anilines is 1. The SMILES string of the molecule is CCC(C)(C)C1CCC(C#N)(Nc2ccc(Br)cc2)CC1. The van der Waals surface area contributed by atoms with Gasteiger partial charge in [0.1, 0.15) is 5.54 Å². The molecule has 21 heavy (non-hydrogen) atoms. The molecule has 1 aliphatic carbocycles. The van der Waals surface area contributed by atoms with Gasteiger partial charge in [-0.25, -0.2) is 0 Å². The van der Waals surface area contributed by atoms with Crippen molar-refractivity contribution in [2.24, 2.45) is 11.3 Å². The summed E-state index contributed by atoms with van der Waals surface area (Å²) >= 11 is 3.45. The van der Waals surface area contributed by atoms with Crippen LogP contribution in [0.25, 0.3) is 0 Å². The molecule has 0 amide bonds. The van der Waals surface area contributed by atoms with Gasteiger partial charge in [-0.1, -0.05) is 43.1 Å². The van der Waals surface area contributed by atoms with E-state index in [0.29, 0.717) is 5.41 Å². The lowest BCUT2D eigenvalue weighted by molar-refractivity contribution is 0.135. The maximum absolute atomic E-state index is 9.68. The fourth-order valence-electron chi connectivity index (χ4n) is 3.26. The second-order valence-electron chi connectivity index (χ2n) is 6.94. The number of nitrogens with zero attached hydrogens (tertiary/aromatic N) is 1. The lowest BCUT2D eigenvalue weighted by Crippen LogP contribution is -2.43. The Hall–Kier alpha value is -1.01. The van der Waals surface area contributed by atoms with Crippen LogP contribution in [0.3, 0.4) is 0 Å². The molecular weight excluding hydrogens is 324 g/mol. The monoisotopic (exact) mass is 348 g/mol. The third-order valence-corrected chi connectivity index (χ3v) is 5.83. The van der Waals surface area contributed by atoms with Gasteiger partial charge in [0.2, 0.25) is 0 Å². The molecule has 1 aromatic rings. The van der Waals surface area contributed by atoms with Crippen LogP contribution in [0.2, 0.25) is 0 Å². The first-order valence-electron chi connectivity index (χ1n) is 7.86. The smallest absolute Gasteiger partial charge is 0.125 e. The minimum Gasteiger partial charge on any atom is -0.367 e. The largest absolute Gasteiger partial charge is 0.367 e. The van der Waals surface area contributed by atoms with Gasteiger partial charge in [0.25, 0.3) is 0 Å². The van der Waals surface area contributed by atoms with Crippen LogP contribution in [0, 0.1) is 22.7 Å². The molecule has 1 saturated carbocycles. The number of nitriles is 1. The number of halogens is 1. The summed E-state index contributed by atoms with van der Waals surface area (Å²) < 4.78 is 1.06. The molecule has 1 N–H and O–H groups in total. The molecule has 0 saturated heterocycles. The summed E-state index contributed by atoms with van der Waals surface area (Å²) in [6, 6.07) is 10.6. The summed E-state index contributed by atoms with van der Waals surface area (Å²) in [5.41, 5.74) is 1.03. The van der Waals surface area contributed by atoms with Gasteiger partial charge >= 0.3 is 0 Å². The van der Waals surface area contributed by atoms with Gasteiger partial charge in [0, 0.05) is 10.2 Å². The van der Waals surface area contributed by atoms with E-state index < -0.39 is 5.54 Å². The van der Waals surface area contributed by atoms with E-state index in [1.54, 1.807) is 0 Å². The van der Waals surface area contributed by atoms with E-state index in [1.807, 2.05) is 24.3 Å². The number of rotatable bonds is 4. The molecule has 1 aliphatic rings. The zero-order chi connectivity index (χ0) is 15.5. The van der Waals surface area contributed by atoms with Crippen LogP contribution in [-0.4, -0.2) is 5.54 Å². The topological polar surface area (TPSA) is 35.8 Å². The highest BCUT2D eigenvalue weighted by Gasteiger charge is 2.39. The first-order valence-corrected chi connectivity index (χ1v) is 8.65. The minimum absolute atomic E-state index is 0.388. The fourth-order valence-corrected chi connectivity index (χ4v) is 3.52. The summed E-state index contributed by atoms with van der Waals surface area (Å²) in [6.45, 7) is 6.99. The average molecular weight is 349 g/mol. The van der Waals surface area contributed by atoms with E-state index in [9.17, 15) is 5.26 Å². The molecule has 3 heteroatoms. The van der Waals surface area contributed by atoms with Gasteiger partial charge in [-0.2, -0.15) is 5.26 Å². The maximum Gasteiger partial charge on any atom is 0.125 e. The molecule has 0 radical (unpaired) electrons. The normalized spacial score (nSPS) is 26.1. The van der Waals surface area contributed by atoms with Crippen LogP contribution in [-0.2, 0) is 0 Å². The third-order valence-electron chi connectivity index (χ3n) is 5.30. The summed E-state index contributed by atoms with van der Waals surface area (Å²) in [5, 5.41) is 13.2. The molecule has 114 valence electrons. The van der Waals surface area contributed by atoms with Crippen molar-refractivity contribution in [3.8, 4) is 6.07 Å². The number of nitrogens with one attached hydrogen (secondary N) is 1. The van der Waals surface area contributed by atoms with Crippen LogP contribution in [0.1, 0.15) is 52.9 Å². The molecule has 0 unspecified atom stereocenters. The third kappa shape index (κ3) is 3.80. The average Bonchev–Trinajstić information content (AvgIpc) is 2.50. The van der Waals surface area contributed by atoms with E-state index in [4.69, 9.17) is 0 Å². The van der Waals surface area contributed by atoms with Crippen molar-refractivity contribution < 1.29 is 0 Å². The van der Waals surface area contributed by atoms with Gasteiger partial charge in [0.15, 0.2) is 0 Å². The predicted molar refractivity (Wildman–Crippen MR) is 92.1 cm³/mol. The van der Waals surface area contributed by atoms with E-state index in [0.717, 1.165) is 41.8 Å². The van der Waals surface area contributed by atoms with Crippen molar-refractivity contribution >= 4 is 21.6 Å². The van der Waals surface area contributed by atoms with Crippen LogP contribution < -0.4 is 5.32 Å². The highest BCUT2D eigenvalue weighted by atomic mass is 79.9. The van der Waals surface area contributed by atoms with E-state index >= 15 is 0 Å². The molecule has 2 nitrogen and oxygen atoms in total. The fraction of sp³-hybridized carbons (Fsp3) is 0.611. The zero-order valence-electron chi connectivity index (χ0n) is 13.2.